The zero-order valence-corrected chi connectivity index (χ0v) is 15.1. The molecule has 2 aromatic rings. The molecule has 1 heterocycles. The van der Waals surface area contributed by atoms with Gasteiger partial charge in [0.2, 0.25) is 0 Å². The van der Waals surface area contributed by atoms with Gasteiger partial charge in [-0.25, -0.2) is 9.29 Å². The van der Waals surface area contributed by atoms with Crippen LogP contribution < -0.4 is 4.90 Å². The highest BCUT2D eigenvalue weighted by molar-refractivity contribution is 8.04. The Balaban J connectivity index is 2.11. The predicted octanol–water partition coefficient (Wildman–Crippen LogP) is 4.48. The number of rotatable bonds is 4. The second-order valence-electron chi connectivity index (χ2n) is 5.88. The summed E-state index contributed by atoms with van der Waals surface area (Å²) >= 11 is 1.34. The summed E-state index contributed by atoms with van der Waals surface area (Å²) in [5.41, 5.74) is 3.42. The summed E-state index contributed by atoms with van der Waals surface area (Å²) in [5, 5.41) is 0. The number of imide groups is 1. The van der Waals surface area contributed by atoms with Gasteiger partial charge in [0.25, 0.3) is 11.8 Å². The Labute approximate surface area is 150 Å². The van der Waals surface area contributed by atoms with Gasteiger partial charge in [0.15, 0.2) is 0 Å². The number of hydrogen-bond donors (Lipinski definition) is 0. The van der Waals surface area contributed by atoms with Gasteiger partial charge < -0.3 is 0 Å². The topological polar surface area (TPSA) is 37.4 Å². The fourth-order valence-electron chi connectivity index (χ4n) is 2.93. The Kier molecular flexibility index (Phi) is 4.77. The zero-order chi connectivity index (χ0) is 18.1. The molecule has 5 heteroatoms. The second kappa shape index (κ2) is 6.84. The van der Waals surface area contributed by atoms with Crippen LogP contribution in [-0.2, 0) is 9.59 Å². The molecule has 0 atom stereocenters. The van der Waals surface area contributed by atoms with E-state index in [9.17, 15) is 14.0 Å². The number of carbonyl (C=O) groups is 2. The van der Waals surface area contributed by atoms with Crippen LogP contribution in [0, 0.1) is 19.7 Å². The van der Waals surface area contributed by atoms with Crippen LogP contribution in [0.15, 0.2) is 47.4 Å². The van der Waals surface area contributed by atoms with Crippen molar-refractivity contribution in [3.63, 3.8) is 0 Å². The van der Waals surface area contributed by atoms with Gasteiger partial charge in [0.05, 0.1) is 16.2 Å². The van der Waals surface area contributed by atoms with Crippen LogP contribution in [0.2, 0.25) is 0 Å². The van der Waals surface area contributed by atoms with Crippen LogP contribution >= 0.6 is 11.8 Å². The van der Waals surface area contributed by atoms with Gasteiger partial charge in [-0.2, -0.15) is 0 Å². The number of nitrogens with zero attached hydrogens (tertiary/aromatic N) is 1. The third-order valence-corrected chi connectivity index (χ3v) is 5.01. The molecule has 3 nitrogen and oxygen atoms in total. The normalized spacial score (nSPS) is 14.6. The first-order valence-electron chi connectivity index (χ1n) is 8.03. The van der Waals surface area contributed by atoms with Crippen molar-refractivity contribution < 1.29 is 14.0 Å². The molecule has 0 fully saturated rings. The summed E-state index contributed by atoms with van der Waals surface area (Å²) in [7, 11) is 0. The van der Waals surface area contributed by atoms with E-state index in [1.807, 2.05) is 32.9 Å². The van der Waals surface area contributed by atoms with Gasteiger partial charge in [0.1, 0.15) is 5.82 Å². The Morgan fingerprint density at radius 3 is 2.28 bits per heavy atom. The van der Waals surface area contributed by atoms with Gasteiger partial charge in [0, 0.05) is 0 Å². The van der Waals surface area contributed by atoms with Gasteiger partial charge in [-0.3, -0.25) is 9.59 Å². The molecule has 0 saturated carbocycles. The number of thioether (sulfide) groups is 1. The Morgan fingerprint density at radius 2 is 1.68 bits per heavy atom. The minimum Gasteiger partial charge on any atom is -0.268 e. The van der Waals surface area contributed by atoms with Crippen LogP contribution in [0.3, 0.4) is 0 Å². The molecule has 0 radical (unpaired) electrons. The lowest BCUT2D eigenvalue weighted by Crippen LogP contribution is -2.32. The monoisotopic (exact) mass is 355 g/mol. The summed E-state index contributed by atoms with van der Waals surface area (Å²) in [6, 6.07) is 11.3. The molecule has 0 aliphatic carbocycles. The molecule has 0 spiro atoms. The molecule has 2 amide bonds. The predicted molar refractivity (Wildman–Crippen MR) is 99.9 cm³/mol. The van der Waals surface area contributed by atoms with Crippen molar-refractivity contribution in [2.75, 3.05) is 10.7 Å². The minimum atomic E-state index is -0.378. The number of hydrogen-bond acceptors (Lipinski definition) is 3. The quantitative estimate of drug-likeness (QED) is 0.759. The maximum Gasteiger partial charge on any atom is 0.272 e. The summed E-state index contributed by atoms with van der Waals surface area (Å²) in [4.78, 5) is 27.7. The minimum absolute atomic E-state index is 0.317. The fourth-order valence-corrected chi connectivity index (χ4v) is 3.79. The molecule has 2 aromatic carbocycles. The number of benzene rings is 2. The molecular formula is C20H18FNO2S. The lowest BCUT2D eigenvalue weighted by Gasteiger charge is -2.18. The molecule has 0 N–H and O–H groups in total. The number of aryl methyl sites for hydroxylation is 2. The molecular weight excluding hydrogens is 337 g/mol. The summed E-state index contributed by atoms with van der Waals surface area (Å²) in [6.45, 7) is 5.77. The molecule has 128 valence electrons. The molecule has 0 aromatic heterocycles. The van der Waals surface area contributed by atoms with E-state index in [-0.39, 0.29) is 17.6 Å². The standard InChI is InChI=1S/C20H18FNO2S/c1-4-25-18-17(14-6-8-15(21)9-7-14)19(23)22(20(18)24)16-10-5-12(2)11-13(16)3/h5-11H,4H2,1-3H3. The van der Waals surface area contributed by atoms with Crippen LogP contribution in [0.5, 0.6) is 0 Å². The first-order chi connectivity index (χ1) is 11.9. The van der Waals surface area contributed by atoms with E-state index in [4.69, 9.17) is 0 Å². The zero-order valence-electron chi connectivity index (χ0n) is 14.3. The molecule has 0 saturated heterocycles. The van der Waals surface area contributed by atoms with Crippen molar-refractivity contribution in [3.05, 3.63) is 69.9 Å². The van der Waals surface area contributed by atoms with Crippen molar-refractivity contribution in [1.29, 1.82) is 0 Å². The van der Waals surface area contributed by atoms with Crippen molar-refractivity contribution >= 4 is 34.8 Å². The highest BCUT2D eigenvalue weighted by Crippen LogP contribution is 2.39. The molecule has 0 bridgehead atoms. The van der Waals surface area contributed by atoms with Crippen LogP contribution in [-0.4, -0.2) is 17.6 Å². The first kappa shape index (κ1) is 17.4. The van der Waals surface area contributed by atoms with E-state index in [1.165, 1.54) is 40.9 Å². The van der Waals surface area contributed by atoms with E-state index in [1.54, 1.807) is 6.07 Å². The van der Waals surface area contributed by atoms with Gasteiger partial charge in [-0.05, 0) is 48.9 Å². The van der Waals surface area contributed by atoms with Gasteiger partial charge in [-0.15, -0.1) is 11.8 Å². The summed E-state index contributed by atoms with van der Waals surface area (Å²) in [5.74, 6) is -0.389. The Morgan fingerprint density at radius 1 is 1.00 bits per heavy atom. The van der Waals surface area contributed by atoms with E-state index >= 15 is 0 Å². The van der Waals surface area contributed by atoms with E-state index in [2.05, 4.69) is 0 Å². The maximum absolute atomic E-state index is 13.2. The molecule has 1 aliphatic heterocycles. The molecule has 0 unspecified atom stereocenters. The molecule has 25 heavy (non-hydrogen) atoms. The van der Waals surface area contributed by atoms with Crippen LogP contribution in [0.1, 0.15) is 23.6 Å². The number of anilines is 1. The Hall–Kier alpha value is -2.40. The Bertz CT molecular complexity index is 887. The molecule has 1 aliphatic rings. The van der Waals surface area contributed by atoms with Crippen molar-refractivity contribution in [2.45, 2.75) is 20.8 Å². The lowest BCUT2D eigenvalue weighted by atomic mass is 10.1. The highest BCUT2D eigenvalue weighted by atomic mass is 32.2. The van der Waals surface area contributed by atoms with Gasteiger partial charge >= 0.3 is 0 Å². The largest absolute Gasteiger partial charge is 0.272 e. The fraction of sp³-hybridized carbons (Fsp3) is 0.200. The van der Waals surface area contributed by atoms with Gasteiger partial charge in [-0.1, -0.05) is 36.8 Å². The maximum atomic E-state index is 13.2. The van der Waals surface area contributed by atoms with E-state index in [0.29, 0.717) is 27.5 Å². The van der Waals surface area contributed by atoms with Crippen LogP contribution in [0.25, 0.3) is 5.57 Å². The van der Waals surface area contributed by atoms with Crippen molar-refractivity contribution in [2.24, 2.45) is 0 Å². The summed E-state index contributed by atoms with van der Waals surface area (Å²) in [6.07, 6.45) is 0. The number of amides is 2. The van der Waals surface area contributed by atoms with Crippen LogP contribution in [0.4, 0.5) is 10.1 Å². The van der Waals surface area contributed by atoms with E-state index in [0.717, 1.165) is 11.1 Å². The van der Waals surface area contributed by atoms with Crippen molar-refractivity contribution in [1.82, 2.24) is 0 Å². The number of halogens is 1. The smallest absolute Gasteiger partial charge is 0.268 e. The first-order valence-corrected chi connectivity index (χ1v) is 9.01. The average Bonchev–Trinajstić information content (AvgIpc) is 2.80. The highest BCUT2D eigenvalue weighted by Gasteiger charge is 2.40. The number of carbonyl (C=O) groups excluding carboxylic acids is 2. The third-order valence-electron chi connectivity index (χ3n) is 4.06. The SMILES string of the molecule is CCSC1=C(c2ccc(F)cc2)C(=O)N(c2ccc(C)cc2C)C1=O. The summed E-state index contributed by atoms with van der Waals surface area (Å²) < 4.78 is 13.2. The lowest BCUT2D eigenvalue weighted by molar-refractivity contribution is -0.119. The molecule has 3 rings (SSSR count). The van der Waals surface area contributed by atoms with Crippen molar-refractivity contribution in [3.8, 4) is 0 Å². The average molecular weight is 355 g/mol. The third kappa shape index (κ3) is 3.12. The van der Waals surface area contributed by atoms with E-state index < -0.39 is 0 Å². The second-order valence-corrected chi connectivity index (χ2v) is 7.15.